The van der Waals surface area contributed by atoms with Gasteiger partial charge in [-0.1, -0.05) is 0 Å². The van der Waals surface area contributed by atoms with Crippen LogP contribution in [-0.4, -0.2) is 37.2 Å². The molecule has 0 bridgehead atoms. The number of nitrogens with one attached hydrogen (secondary N) is 2. The molecule has 4 nitrogen and oxygen atoms in total. The lowest BCUT2D eigenvalue weighted by atomic mass is 10.0. The molecule has 3 atom stereocenters. The monoisotopic (exact) mass is 212 g/mol. The summed E-state index contributed by atoms with van der Waals surface area (Å²) in [5.41, 5.74) is 0. The summed E-state index contributed by atoms with van der Waals surface area (Å²) in [5, 5.41) is 6.46. The van der Waals surface area contributed by atoms with Gasteiger partial charge in [-0.05, 0) is 39.2 Å². The average Bonchev–Trinajstić information content (AvgIpc) is 2.70. The molecule has 2 heterocycles. The summed E-state index contributed by atoms with van der Waals surface area (Å²) >= 11 is 0. The van der Waals surface area contributed by atoms with E-state index in [1.165, 1.54) is 0 Å². The minimum atomic E-state index is -0.185. The van der Waals surface area contributed by atoms with Crippen LogP contribution in [0.3, 0.4) is 0 Å². The minimum Gasteiger partial charge on any atom is -0.368 e. The van der Waals surface area contributed by atoms with Crippen LogP contribution < -0.4 is 10.6 Å². The summed E-state index contributed by atoms with van der Waals surface area (Å²) in [4.78, 5) is 11.8. The van der Waals surface area contributed by atoms with Gasteiger partial charge in [-0.3, -0.25) is 4.79 Å². The lowest BCUT2D eigenvalue weighted by Gasteiger charge is -2.29. The molecule has 4 heteroatoms. The number of amides is 1. The molecule has 0 radical (unpaired) electrons. The van der Waals surface area contributed by atoms with Gasteiger partial charge in [0.15, 0.2) is 0 Å². The smallest absolute Gasteiger partial charge is 0.249 e. The van der Waals surface area contributed by atoms with Gasteiger partial charge in [0, 0.05) is 18.7 Å². The van der Waals surface area contributed by atoms with Crippen molar-refractivity contribution in [2.75, 3.05) is 13.2 Å². The lowest BCUT2D eigenvalue weighted by Crippen LogP contribution is -2.49. The molecule has 0 aromatic heterocycles. The normalized spacial score (nSPS) is 36.5. The van der Waals surface area contributed by atoms with Gasteiger partial charge in [-0.15, -0.1) is 0 Å². The van der Waals surface area contributed by atoms with Crippen molar-refractivity contribution in [2.45, 2.75) is 50.8 Å². The highest BCUT2D eigenvalue weighted by Crippen LogP contribution is 2.14. The molecular formula is C11H20N2O2. The molecule has 1 amide bonds. The predicted molar refractivity (Wildman–Crippen MR) is 57.6 cm³/mol. The third kappa shape index (κ3) is 2.92. The zero-order valence-electron chi connectivity index (χ0n) is 9.29. The summed E-state index contributed by atoms with van der Waals surface area (Å²) in [7, 11) is 0. The summed E-state index contributed by atoms with van der Waals surface area (Å²) in [6.07, 6.45) is 3.77. The number of hydrogen-bond acceptors (Lipinski definition) is 3. The van der Waals surface area contributed by atoms with E-state index < -0.39 is 0 Å². The van der Waals surface area contributed by atoms with Crippen LogP contribution in [0.25, 0.3) is 0 Å². The van der Waals surface area contributed by atoms with Gasteiger partial charge in [-0.2, -0.15) is 0 Å². The summed E-state index contributed by atoms with van der Waals surface area (Å²) in [5.74, 6) is 0.0894. The van der Waals surface area contributed by atoms with E-state index in [0.29, 0.717) is 12.1 Å². The van der Waals surface area contributed by atoms with E-state index in [0.717, 1.165) is 38.8 Å². The molecular weight excluding hydrogens is 192 g/mol. The van der Waals surface area contributed by atoms with Crippen molar-refractivity contribution < 1.29 is 9.53 Å². The Bertz CT molecular complexity index is 227. The molecule has 2 aliphatic rings. The van der Waals surface area contributed by atoms with E-state index in [4.69, 9.17) is 4.74 Å². The zero-order valence-corrected chi connectivity index (χ0v) is 9.29. The van der Waals surface area contributed by atoms with E-state index in [9.17, 15) is 4.79 Å². The van der Waals surface area contributed by atoms with Gasteiger partial charge in [0.05, 0.1) is 0 Å². The molecule has 0 aliphatic carbocycles. The first kappa shape index (κ1) is 10.9. The number of rotatable bonds is 2. The standard InChI is InChI=1S/C11H20N2O2/c1-8-7-9(4-5-12-8)13-11(14)10-3-2-6-15-10/h8-10,12H,2-7H2,1H3,(H,13,14)/t8?,9?,10-/m1/s1. The maximum atomic E-state index is 11.8. The van der Waals surface area contributed by atoms with Crippen LogP contribution in [-0.2, 0) is 9.53 Å². The molecule has 15 heavy (non-hydrogen) atoms. The molecule has 0 aromatic rings. The third-order valence-corrected chi connectivity index (χ3v) is 3.19. The Balaban J connectivity index is 1.77. The molecule has 2 aliphatic heterocycles. The first-order valence-electron chi connectivity index (χ1n) is 5.91. The van der Waals surface area contributed by atoms with Crippen LogP contribution in [0.1, 0.15) is 32.6 Å². The van der Waals surface area contributed by atoms with Crippen molar-refractivity contribution >= 4 is 5.91 Å². The van der Waals surface area contributed by atoms with Crippen LogP contribution in [0.2, 0.25) is 0 Å². The highest BCUT2D eigenvalue weighted by molar-refractivity contribution is 5.81. The number of ether oxygens (including phenoxy) is 1. The SMILES string of the molecule is CC1CC(NC(=O)[C@H]2CCCO2)CCN1. The quantitative estimate of drug-likeness (QED) is 0.697. The Hall–Kier alpha value is -0.610. The maximum Gasteiger partial charge on any atom is 0.249 e. The Kier molecular flexibility index (Phi) is 3.59. The maximum absolute atomic E-state index is 11.8. The van der Waals surface area contributed by atoms with Crippen molar-refractivity contribution in [1.29, 1.82) is 0 Å². The molecule has 0 spiro atoms. The van der Waals surface area contributed by atoms with Gasteiger partial charge in [-0.25, -0.2) is 0 Å². The molecule has 86 valence electrons. The fourth-order valence-electron chi connectivity index (χ4n) is 2.34. The molecule has 2 unspecified atom stereocenters. The van der Waals surface area contributed by atoms with E-state index in [-0.39, 0.29) is 12.0 Å². The number of carbonyl (C=O) groups is 1. The minimum absolute atomic E-state index is 0.0894. The largest absolute Gasteiger partial charge is 0.368 e. The second-order valence-corrected chi connectivity index (χ2v) is 4.59. The van der Waals surface area contributed by atoms with Crippen molar-refractivity contribution in [2.24, 2.45) is 0 Å². The van der Waals surface area contributed by atoms with Crippen LogP contribution >= 0.6 is 0 Å². The second-order valence-electron chi connectivity index (χ2n) is 4.59. The van der Waals surface area contributed by atoms with Crippen LogP contribution in [0.15, 0.2) is 0 Å². The predicted octanol–water partition coefficient (Wildman–Crippen LogP) is 0.422. The Morgan fingerprint density at radius 1 is 1.47 bits per heavy atom. The molecule has 2 rings (SSSR count). The first-order chi connectivity index (χ1) is 7.25. The summed E-state index contributed by atoms with van der Waals surface area (Å²) < 4.78 is 5.36. The van der Waals surface area contributed by atoms with Crippen molar-refractivity contribution in [3.05, 3.63) is 0 Å². The van der Waals surface area contributed by atoms with E-state index >= 15 is 0 Å². The molecule has 0 aromatic carbocycles. The second kappa shape index (κ2) is 4.94. The van der Waals surface area contributed by atoms with Crippen LogP contribution in [0.5, 0.6) is 0 Å². The van der Waals surface area contributed by atoms with E-state index in [1.54, 1.807) is 0 Å². The van der Waals surface area contributed by atoms with E-state index in [2.05, 4.69) is 17.6 Å². The Morgan fingerprint density at radius 3 is 3.00 bits per heavy atom. The third-order valence-electron chi connectivity index (χ3n) is 3.19. The first-order valence-corrected chi connectivity index (χ1v) is 5.91. The van der Waals surface area contributed by atoms with Crippen LogP contribution in [0, 0.1) is 0 Å². The van der Waals surface area contributed by atoms with Gasteiger partial charge in [0.1, 0.15) is 6.10 Å². The molecule has 2 fully saturated rings. The van der Waals surface area contributed by atoms with Gasteiger partial charge in [0.25, 0.3) is 0 Å². The summed E-state index contributed by atoms with van der Waals surface area (Å²) in [6.45, 7) is 3.89. The number of hydrogen-bond donors (Lipinski definition) is 2. The fourth-order valence-corrected chi connectivity index (χ4v) is 2.34. The topological polar surface area (TPSA) is 50.4 Å². The molecule has 2 N–H and O–H groups in total. The van der Waals surface area contributed by atoms with Gasteiger partial charge in [0.2, 0.25) is 5.91 Å². The van der Waals surface area contributed by atoms with E-state index in [1.807, 2.05) is 0 Å². The highest BCUT2D eigenvalue weighted by Gasteiger charge is 2.27. The lowest BCUT2D eigenvalue weighted by molar-refractivity contribution is -0.131. The number of carbonyl (C=O) groups excluding carboxylic acids is 1. The highest BCUT2D eigenvalue weighted by atomic mass is 16.5. The van der Waals surface area contributed by atoms with Gasteiger partial charge >= 0.3 is 0 Å². The molecule has 2 saturated heterocycles. The fraction of sp³-hybridized carbons (Fsp3) is 0.909. The van der Waals surface area contributed by atoms with Gasteiger partial charge < -0.3 is 15.4 Å². The molecule has 0 saturated carbocycles. The average molecular weight is 212 g/mol. The van der Waals surface area contributed by atoms with Crippen molar-refractivity contribution in [3.63, 3.8) is 0 Å². The summed E-state index contributed by atoms with van der Waals surface area (Å²) in [6, 6.07) is 0.839. The van der Waals surface area contributed by atoms with Crippen molar-refractivity contribution in [1.82, 2.24) is 10.6 Å². The van der Waals surface area contributed by atoms with Crippen LogP contribution in [0.4, 0.5) is 0 Å². The zero-order chi connectivity index (χ0) is 10.7. The Morgan fingerprint density at radius 2 is 2.33 bits per heavy atom. The number of piperidine rings is 1. The van der Waals surface area contributed by atoms with Crippen molar-refractivity contribution in [3.8, 4) is 0 Å². The Labute approximate surface area is 90.8 Å².